The molecule has 2 aromatic carbocycles. The molecule has 1 amide bonds. The molecule has 0 aliphatic rings. The predicted octanol–water partition coefficient (Wildman–Crippen LogP) is 5.20. The highest BCUT2D eigenvalue weighted by atomic mass is 16.6. The highest BCUT2D eigenvalue weighted by Crippen LogP contribution is 2.28. The van der Waals surface area contributed by atoms with E-state index in [-0.39, 0.29) is 0 Å². The van der Waals surface area contributed by atoms with Crippen LogP contribution in [0.3, 0.4) is 0 Å². The Labute approximate surface area is 186 Å². The van der Waals surface area contributed by atoms with Crippen molar-refractivity contribution < 1.29 is 14.3 Å². The number of rotatable bonds is 5. The number of nitrogens with zero attached hydrogens (tertiary/aromatic N) is 3. The molecule has 8 heteroatoms. The van der Waals surface area contributed by atoms with Crippen molar-refractivity contribution in [1.82, 2.24) is 14.5 Å². The number of aromatic nitrogens is 3. The first kappa shape index (κ1) is 21.2. The van der Waals surface area contributed by atoms with Gasteiger partial charge in [0.2, 0.25) is 5.95 Å². The van der Waals surface area contributed by atoms with E-state index >= 15 is 0 Å². The van der Waals surface area contributed by atoms with Gasteiger partial charge >= 0.3 is 6.09 Å². The van der Waals surface area contributed by atoms with Gasteiger partial charge in [0, 0.05) is 6.07 Å². The first-order valence-electron chi connectivity index (χ1n) is 10.2. The van der Waals surface area contributed by atoms with E-state index in [4.69, 9.17) is 15.2 Å². The molecule has 8 nitrogen and oxygen atoms in total. The van der Waals surface area contributed by atoms with Gasteiger partial charge in [0.25, 0.3) is 0 Å². The van der Waals surface area contributed by atoms with Gasteiger partial charge in [-0.15, -0.1) is 0 Å². The number of carbonyl (C=O) groups is 1. The van der Waals surface area contributed by atoms with Crippen LogP contribution in [-0.4, -0.2) is 26.2 Å². The lowest BCUT2D eigenvalue weighted by Gasteiger charge is -2.19. The summed E-state index contributed by atoms with van der Waals surface area (Å²) in [6.07, 6.45) is 1.00. The second-order valence-electron chi connectivity index (χ2n) is 8.31. The average Bonchev–Trinajstić information content (AvgIpc) is 3.05. The Morgan fingerprint density at radius 2 is 1.81 bits per heavy atom. The van der Waals surface area contributed by atoms with Crippen molar-refractivity contribution in [2.24, 2.45) is 0 Å². The Kier molecular flexibility index (Phi) is 5.68. The number of benzene rings is 2. The normalized spacial score (nSPS) is 11.3. The van der Waals surface area contributed by atoms with Crippen LogP contribution >= 0.6 is 0 Å². The number of nitrogens with one attached hydrogen (secondary N) is 1. The molecule has 4 rings (SSSR count). The summed E-state index contributed by atoms with van der Waals surface area (Å²) in [6.45, 7) is 5.95. The molecule has 0 fully saturated rings. The van der Waals surface area contributed by atoms with E-state index in [1.54, 1.807) is 18.3 Å². The molecule has 0 aliphatic heterocycles. The summed E-state index contributed by atoms with van der Waals surface area (Å²) < 4.78 is 13.3. The van der Waals surface area contributed by atoms with Gasteiger partial charge in [-0.25, -0.2) is 14.8 Å². The van der Waals surface area contributed by atoms with Gasteiger partial charge in [0.05, 0.1) is 23.8 Å². The minimum atomic E-state index is -0.617. The van der Waals surface area contributed by atoms with Crippen molar-refractivity contribution in [1.29, 1.82) is 0 Å². The Bertz CT molecular complexity index is 1230. The first-order valence-corrected chi connectivity index (χ1v) is 10.2. The monoisotopic (exact) mass is 431 g/mol. The van der Waals surface area contributed by atoms with E-state index in [2.05, 4.69) is 15.3 Å². The van der Waals surface area contributed by atoms with Crippen LogP contribution in [0.1, 0.15) is 26.3 Å². The topological polar surface area (TPSA) is 104 Å². The van der Waals surface area contributed by atoms with Gasteiger partial charge in [-0.3, -0.25) is 5.32 Å². The molecular weight excluding hydrogens is 406 g/mol. The molecule has 0 saturated carbocycles. The van der Waals surface area contributed by atoms with Gasteiger partial charge in [0.15, 0.2) is 0 Å². The summed E-state index contributed by atoms with van der Waals surface area (Å²) in [5, 5.41) is 2.78. The minimum absolute atomic E-state index is 0.393. The molecule has 0 atom stereocenters. The van der Waals surface area contributed by atoms with E-state index in [1.165, 1.54) is 0 Å². The quantitative estimate of drug-likeness (QED) is 0.450. The number of hydrogen-bond acceptors (Lipinski definition) is 6. The Hall–Kier alpha value is -4.07. The van der Waals surface area contributed by atoms with Crippen LogP contribution in [0.25, 0.3) is 11.0 Å². The lowest BCUT2D eigenvalue weighted by Crippen LogP contribution is -2.28. The number of carbonyl (C=O) groups excluding carboxylic acids is 1. The largest absolute Gasteiger partial charge is 0.456 e. The maximum absolute atomic E-state index is 12.4. The zero-order chi connectivity index (χ0) is 22.7. The second-order valence-corrected chi connectivity index (χ2v) is 8.31. The molecule has 32 heavy (non-hydrogen) atoms. The molecule has 0 unspecified atom stereocenters. The lowest BCUT2D eigenvalue weighted by molar-refractivity contribution is 0.0634. The Morgan fingerprint density at radius 3 is 2.50 bits per heavy atom. The molecule has 2 aromatic heterocycles. The van der Waals surface area contributed by atoms with Crippen LogP contribution in [0.15, 0.2) is 66.9 Å². The third kappa shape index (κ3) is 5.15. The number of amides is 1. The van der Waals surface area contributed by atoms with Crippen molar-refractivity contribution in [2.75, 3.05) is 11.1 Å². The van der Waals surface area contributed by atoms with Crippen LogP contribution in [0.4, 0.5) is 16.6 Å². The Balaban J connectivity index is 1.70. The van der Waals surface area contributed by atoms with E-state index in [9.17, 15) is 4.79 Å². The van der Waals surface area contributed by atoms with E-state index < -0.39 is 11.7 Å². The zero-order valence-corrected chi connectivity index (χ0v) is 18.2. The maximum Gasteiger partial charge on any atom is 0.414 e. The molecular formula is C24H25N5O3. The third-order valence-corrected chi connectivity index (χ3v) is 4.51. The van der Waals surface area contributed by atoms with Crippen LogP contribution < -0.4 is 15.8 Å². The van der Waals surface area contributed by atoms with Crippen molar-refractivity contribution in [3.8, 4) is 11.5 Å². The first-order chi connectivity index (χ1) is 15.3. The summed E-state index contributed by atoms with van der Waals surface area (Å²) in [7, 11) is 0. The SMILES string of the molecule is CC(C)(C)OC(=O)Nc1nc2ccc(Oc3ccc(N)nc3)cc2n1Cc1ccccc1. The fraction of sp³-hybridized carbons (Fsp3) is 0.208. The highest BCUT2D eigenvalue weighted by molar-refractivity contribution is 5.87. The molecule has 4 aromatic rings. The van der Waals surface area contributed by atoms with E-state index in [0.717, 1.165) is 16.6 Å². The van der Waals surface area contributed by atoms with Crippen LogP contribution in [0, 0.1) is 0 Å². The number of nitrogen functional groups attached to an aromatic ring is 1. The van der Waals surface area contributed by atoms with E-state index in [0.29, 0.717) is 29.8 Å². The van der Waals surface area contributed by atoms with Crippen LogP contribution in [0.5, 0.6) is 11.5 Å². The van der Waals surface area contributed by atoms with Crippen LogP contribution in [-0.2, 0) is 11.3 Å². The number of hydrogen-bond donors (Lipinski definition) is 2. The number of imidazole rings is 1. The highest BCUT2D eigenvalue weighted by Gasteiger charge is 2.20. The standard InChI is InChI=1S/C24H25N5O3/c1-24(2,3)32-23(30)28-22-27-19-11-9-17(31-18-10-12-21(25)26-14-18)13-20(19)29(22)15-16-7-5-4-6-8-16/h4-14H,15H2,1-3H3,(H2,25,26)(H,27,28,30). The molecule has 0 saturated heterocycles. The van der Waals surface area contributed by atoms with Gasteiger partial charge < -0.3 is 19.8 Å². The number of pyridine rings is 1. The number of fused-ring (bicyclic) bond motifs is 1. The smallest absolute Gasteiger partial charge is 0.414 e. The van der Waals surface area contributed by atoms with Gasteiger partial charge in [-0.2, -0.15) is 0 Å². The summed E-state index contributed by atoms with van der Waals surface area (Å²) in [6, 6.07) is 18.9. The van der Waals surface area contributed by atoms with Crippen molar-refractivity contribution in [3.05, 3.63) is 72.4 Å². The molecule has 3 N–H and O–H groups in total. The molecule has 0 bridgehead atoms. The number of nitrogens with two attached hydrogens (primary N) is 1. The van der Waals surface area contributed by atoms with E-state index in [1.807, 2.05) is 73.9 Å². The number of anilines is 2. The number of ether oxygens (including phenoxy) is 2. The van der Waals surface area contributed by atoms with Crippen LogP contribution in [0.2, 0.25) is 0 Å². The molecule has 0 aliphatic carbocycles. The molecule has 0 radical (unpaired) electrons. The molecule has 164 valence electrons. The van der Waals surface area contributed by atoms with Crippen molar-refractivity contribution in [3.63, 3.8) is 0 Å². The fourth-order valence-electron chi connectivity index (χ4n) is 3.17. The lowest BCUT2D eigenvalue weighted by atomic mass is 10.2. The minimum Gasteiger partial charge on any atom is -0.456 e. The maximum atomic E-state index is 12.4. The summed E-state index contributed by atoms with van der Waals surface area (Å²) in [4.78, 5) is 21.1. The second kappa shape index (κ2) is 8.58. The predicted molar refractivity (Wildman–Crippen MR) is 124 cm³/mol. The summed E-state index contributed by atoms with van der Waals surface area (Å²) >= 11 is 0. The molecule has 2 heterocycles. The van der Waals surface area contributed by atoms with Gasteiger partial charge in [-0.1, -0.05) is 30.3 Å². The third-order valence-electron chi connectivity index (χ3n) is 4.51. The van der Waals surface area contributed by atoms with Gasteiger partial charge in [0.1, 0.15) is 22.9 Å². The zero-order valence-electron chi connectivity index (χ0n) is 18.2. The van der Waals surface area contributed by atoms with Crippen molar-refractivity contribution in [2.45, 2.75) is 32.9 Å². The van der Waals surface area contributed by atoms with Crippen molar-refractivity contribution >= 4 is 28.9 Å². The summed E-state index contributed by atoms with van der Waals surface area (Å²) in [5.74, 6) is 2.00. The fourth-order valence-corrected chi connectivity index (χ4v) is 3.17. The van der Waals surface area contributed by atoms with Gasteiger partial charge in [-0.05, 0) is 50.6 Å². The Morgan fingerprint density at radius 1 is 1.06 bits per heavy atom. The average molecular weight is 431 g/mol. The summed E-state index contributed by atoms with van der Waals surface area (Å²) in [5.41, 5.74) is 7.62. The molecule has 0 spiro atoms.